The minimum atomic E-state index is -0.868. The molecule has 0 amide bonds. The number of halogens is 1. The van der Waals surface area contributed by atoms with E-state index in [2.05, 4.69) is 0 Å². The molecule has 0 spiro atoms. The van der Waals surface area contributed by atoms with E-state index in [-0.39, 0.29) is 11.8 Å². The van der Waals surface area contributed by atoms with Crippen molar-refractivity contribution in [1.29, 1.82) is 0 Å². The summed E-state index contributed by atoms with van der Waals surface area (Å²) < 4.78 is 12.9. The zero-order chi connectivity index (χ0) is 10.0. The van der Waals surface area contributed by atoms with Crippen molar-refractivity contribution >= 4 is 12.0 Å². The second kappa shape index (κ2) is 3.30. The molecule has 0 aliphatic heterocycles. The van der Waals surface area contributed by atoms with Gasteiger partial charge in [0.15, 0.2) is 6.29 Å². The predicted molar refractivity (Wildman–Crippen MR) is 43.2 cm³/mol. The average Bonchev–Trinajstić information content (AvgIpc) is 2.07. The molecule has 0 unspecified atom stereocenters. The lowest BCUT2D eigenvalue weighted by Gasteiger charge is -1.99. The Morgan fingerprint density at radius 2 is 2.15 bits per heavy atom. The first-order valence-electron chi connectivity index (χ1n) is 3.46. The van der Waals surface area contributed by atoms with E-state index < -0.39 is 22.0 Å². The maximum Gasteiger partial charge on any atom is 0.285 e. The number of nitrogens with zero attached hydrogens (tertiary/aromatic N) is 1. The van der Waals surface area contributed by atoms with Crippen LogP contribution < -0.4 is 0 Å². The summed E-state index contributed by atoms with van der Waals surface area (Å²) in [4.78, 5) is 20.0. The van der Waals surface area contributed by atoms with E-state index >= 15 is 0 Å². The maximum atomic E-state index is 12.9. The third kappa shape index (κ3) is 1.53. The van der Waals surface area contributed by atoms with Gasteiger partial charge in [0.05, 0.1) is 4.92 Å². The second-order valence-electron chi connectivity index (χ2n) is 2.50. The van der Waals surface area contributed by atoms with Gasteiger partial charge in [0.2, 0.25) is 0 Å². The Labute approximate surface area is 73.1 Å². The summed E-state index contributed by atoms with van der Waals surface area (Å²) in [7, 11) is 0. The number of nitro benzene ring substituents is 1. The Hall–Kier alpha value is -1.78. The molecule has 0 saturated heterocycles. The zero-order valence-electron chi connectivity index (χ0n) is 6.78. The van der Waals surface area contributed by atoms with Crippen LogP contribution in [0.3, 0.4) is 0 Å². The van der Waals surface area contributed by atoms with Gasteiger partial charge in [-0.15, -0.1) is 0 Å². The highest BCUT2D eigenvalue weighted by Crippen LogP contribution is 2.23. The van der Waals surface area contributed by atoms with Crippen LogP contribution in [0.25, 0.3) is 0 Å². The van der Waals surface area contributed by atoms with E-state index in [1.54, 1.807) is 0 Å². The summed E-state index contributed by atoms with van der Waals surface area (Å²) in [5.74, 6) is -0.868. The number of benzene rings is 1. The average molecular weight is 183 g/mol. The Morgan fingerprint density at radius 3 is 2.54 bits per heavy atom. The van der Waals surface area contributed by atoms with E-state index in [0.29, 0.717) is 0 Å². The molecule has 5 heteroatoms. The predicted octanol–water partition coefficient (Wildman–Crippen LogP) is 1.85. The Morgan fingerprint density at radius 1 is 1.54 bits per heavy atom. The fourth-order valence-electron chi connectivity index (χ4n) is 1.05. The number of aldehydes is 1. The minimum Gasteiger partial charge on any atom is -0.298 e. The van der Waals surface area contributed by atoms with E-state index in [1.807, 2.05) is 0 Å². The fraction of sp³-hybridized carbons (Fsp3) is 0.125. The molecule has 4 nitrogen and oxygen atoms in total. The van der Waals surface area contributed by atoms with Crippen LogP contribution >= 0.6 is 0 Å². The molecule has 1 aromatic rings. The molecular weight excluding hydrogens is 177 g/mol. The quantitative estimate of drug-likeness (QED) is 0.399. The molecule has 68 valence electrons. The summed E-state index contributed by atoms with van der Waals surface area (Å²) in [6.07, 6.45) is 0.153. The SMILES string of the molecule is Cc1ccc(F)c(C=O)c1[N+](=O)[O-]. The number of rotatable bonds is 2. The van der Waals surface area contributed by atoms with Gasteiger partial charge in [-0.3, -0.25) is 14.9 Å². The summed E-state index contributed by atoms with van der Waals surface area (Å²) in [5, 5.41) is 10.4. The van der Waals surface area contributed by atoms with Crippen molar-refractivity contribution in [2.24, 2.45) is 0 Å². The van der Waals surface area contributed by atoms with Crippen LogP contribution in [-0.2, 0) is 0 Å². The Bertz CT molecular complexity index is 376. The lowest BCUT2D eigenvalue weighted by molar-refractivity contribution is -0.385. The van der Waals surface area contributed by atoms with E-state index in [9.17, 15) is 19.3 Å². The number of aryl methyl sites for hydroxylation is 1. The molecule has 0 atom stereocenters. The number of hydrogen-bond donors (Lipinski definition) is 0. The highest BCUT2D eigenvalue weighted by Gasteiger charge is 2.20. The van der Waals surface area contributed by atoms with Crippen molar-refractivity contribution in [3.63, 3.8) is 0 Å². The molecule has 13 heavy (non-hydrogen) atoms. The lowest BCUT2D eigenvalue weighted by Crippen LogP contribution is -2.00. The van der Waals surface area contributed by atoms with Gasteiger partial charge >= 0.3 is 0 Å². The molecule has 0 radical (unpaired) electrons. The molecular formula is C8H6FNO3. The van der Waals surface area contributed by atoms with Crippen molar-refractivity contribution in [2.75, 3.05) is 0 Å². The van der Waals surface area contributed by atoms with Crippen molar-refractivity contribution in [1.82, 2.24) is 0 Å². The standard InChI is InChI=1S/C8H6FNO3/c1-5-2-3-7(9)6(4-11)8(5)10(12)13/h2-4H,1H3. The third-order valence-corrected chi connectivity index (χ3v) is 1.67. The van der Waals surface area contributed by atoms with Crippen LogP contribution in [0.15, 0.2) is 12.1 Å². The summed E-state index contributed by atoms with van der Waals surface area (Å²) in [6.45, 7) is 1.45. The highest BCUT2D eigenvalue weighted by atomic mass is 19.1. The lowest BCUT2D eigenvalue weighted by atomic mass is 10.1. The molecule has 0 aliphatic carbocycles. The van der Waals surface area contributed by atoms with E-state index in [4.69, 9.17) is 0 Å². The normalized spacial score (nSPS) is 9.69. The van der Waals surface area contributed by atoms with Gasteiger partial charge in [0, 0.05) is 5.56 Å². The fourth-order valence-corrected chi connectivity index (χ4v) is 1.05. The second-order valence-corrected chi connectivity index (χ2v) is 2.50. The molecule has 0 bridgehead atoms. The molecule has 0 N–H and O–H groups in total. The van der Waals surface area contributed by atoms with Gasteiger partial charge in [-0.05, 0) is 19.1 Å². The van der Waals surface area contributed by atoms with Crippen LogP contribution in [0.1, 0.15) is 15.9 Å². The van der Waals surface area contributed by atoms with Crippen molar-refractivity contribution in [2.45, 2.75) is 6.92 Å². The van der Waals surface area contributed by atoms with Gasteiger partial charge in [-0.2, -0.15) is 0 Å². The topological polar surface area (TPSA) is 60.2 Å². The monoisotopic (exact) mass is 183 g/mol. The zero-order valence-corrected chi connectivity index (χ0v) is 6.78. The van der Waals surface area contributed by atoms with Crippen LogP contribution in [0.4, 0.5) is 10.1 Å². The van der Waals surface area contributed by atoms with Gasteiger partial charge < -0.3 is 0 Å². The van der Waals surface area contributed by atoms with Crippen molar-refractivity contribution < 1.29 is 14.1 Å². The molecule has 0 heterocycles. The number of hydrogen-bond acceptors (Lipinski definition) is 3. The first kappa shape index (κ1) is 9.31. The van der Waals surface area contributed by atoms with Gasteiger partial charge in [0.1, 0.15) is 11.4 Å². The van der Waals surface area contributed by atoms with E-state index in [0.717, 1.165) is 6.07 Å². The molecule has 0 aliphatic rings. The largest absolute Gasteiger partial charge is 0.298 e. The van der Waals surface area contributed by atoms with E-state index in [1.165, 1.54) is 13.0 Å². The van der Waals surface area contributed by atoms with Crippen LogP contribution in [0.5, 0.6) is 0 Å². The molecule has 0 saturated carbocycles. The maximum absolute atomic E-state index is 12.9. The van der Waals surface area contributed by atoms with Crippen LogP contribution in [0.2, 0.25) is 0 Å². The van der Waals surface area contributed by atoms with Gasteiger partial charge in [-0.25, -0.2) is 4.39 Å². The molecule has 0 aromatic heterocycles. The minimum absolute atomic E-state index is 0.153. The Kier molecular flexibility index (Phi) is 2.36. The van der Waals surface area contributed by atoms with Crippen LogP contribution in [-0.4, -0.2) is 11.2 Å². The molecule has 0 fully saturated rings. The highest BCUT2D eigenvalue weighted by molar-refractivity contribution is 5.82. The number of carbonyl (C=O) groups excluding carboxylic acids is 1. The molecule has 1 rings (SSSR count). The van der Waals surface area contributed by atoms with Gasteiger partial charge in [-0.1, -0.05) is 0 Å². The third-order valence-electron chi connectivity index (χ3n) is 1.67. The van der Waals surface area contributed by atoms with Crippen molar-refractivity contribution in [3.05, 3.63) is 39.2 Å². The first-order chi connectivity index (χ1) is 6.07. The Balaban J connectivity index is 3.52. The number of carbonyl (C=O) groups is 1. The van der Waals surface area contributed by atoms with Crippen LogP contribution in [0, 0.1) is 22.9 Å². The smallest absolute Gasteiger partial charge is 0.285 e. The summed E-state index contributed by atoms with van der Waals surface area (Å²) >= 11 is 0. The number of nitro groups is 1. The first-order valence-corrected chi connectivity index (χ1v) is 3.46. The van der Waals surface area contributed by atoms with Crippen molar-refractivity contribution in [3.8, 4) is 0 Å². The summed E-state index contributed by atoms with van der Waals surface area (Å²) in [5.41, 5.74) is -0.687. The van der Waals surface area contributed by atoms with Gasteiger partial charge in [0.25, 0.3) is 5.69 Å². The molecule has 1 aromatic carbocycles. The summed E-state index contributed by atoms with van der Waals surface area (Å²) in [6, 6.07) is 2.30.